The molecule has 3 saturated heterocycles. The fourth-order valence-electron chi connectivity index (χ4n) is 9.22. The predicted octanol–water partition coefficient (Wildman–Crippen LogP) is 6.83. The number of anilines is 5. The van der Waals surface area contributed by atoms with Crippen LogP contribution in [0.2, 0.25) is 5.02 Å². The van der Waals surface area contributed by atoms with Gasteiger partial charge in [0, 0.05) is 92.9 Å². The van der Waals surface area contributed by atoms with E-state index in [1.165, 1.54) is 6.20 Å². The number of hydrogen-bond acceptors (Lipinski definition) is 12. The first-order valence-corrected chi connectivity index (χ1v) is 25.3. The molecule has 3 fully saturated rings. The Balaban J connectivity index is 0.748. The van der Waals surface area contributed by atoms with Gasteiger partial charge in [0.25, 0.3) is 5.91 Å². The summed E-state index contributed by atoms with van der Waals surface area (Å²) in [4.78, 5) is 55.5. The molecule has 0 spiro atoms. The van der Waals surface area contributed by atoms with Gasteiger partial charge in [0.1, 0.15) is 24.0 Å². The Bertz CT molecular complexity index is 2490. The highest BCUT2D eigenvalue weighted by atomic mass is 35.5. The number of hydrogen-bond donors (Lipinski definition) is 3. The molecule has 336 valence electrons. The number of piperazine rings is 1. The summed E-state index contributed by atoms with van der Waals surface area (Å²) in [5.74, 6) is 7.22. The zero-order valence-corrected chi connectivity index (χ0v) is 38.5. The molecule has 64 heavy (non-hydrogen) atoms. The topological polar surface area (TPSA) is 152 Å². The second-order valence-corrected chi connectivity index (χ2v) is 20.9. The van der Waals surface area contributed by atoms with E-state index >= 15 is 0 Å². The molecule has 4 aliphatic rings. The molecule has 0 aliphatic carbocycles. The first-order valence-electron chi connectivity index (χ1n) is 22.3. The maximum atomic E-state index is 13.1. The molecule has 0 saturated carbocycles. The van der Waals surface area contributed by atoms with Crippen LogP contribution >= 0.6 is 18.7 Å². The molecule has 4 aromatic rings. The second kappa shape index (κ2) is 20.2. The lowest BCUT2D eigenvalue weighted by Gasteiger charge is -2.43. The lowest BCUT2D eigenvalue weighted by atomic mass is 10.0. The van der Waals surface area contributed by atoms with Gasteiger partial charge < -0.3 is 34.6 Å². The van der Waals surface area contributed by atoms with Crippen LogP contribution in [-0.4, -0.2) is 121 Å². The maximum absolute atomic E-state index is 13.1. The molecule has 3 aromatic carbocycles. The highest BCUT2D eigenvalue weighted by Gasteiger charge is 2.39. The SMILES string of the molecule is COc1cc(N2CCC(N3CCN(CCCCCC#Cc4cccc5c4CN(C4CCC(=O)NC4=O)C5=O)CC3)CC2)ccc1Nc1ncc(Cl)c(Nc2ccccc2P(C)(C)=O)n1. The van der Waals surface area contributed by atoms with Gasteiger partial charge in [-0.05, 0) is 93.9 Å². The Labute approximate surface area is 380 Å². The molecule has 3 N–H and O–H groups in total. The summed E-state index contributed by atoms with van der Waals surface area (Å²) in [6.07, 6.45) is 8.47. The van der Waals surface area contributed by atoms with Crippen LogP contribution in [0.25, 0.3) is 0 Å². The van der Waals surface area contributed by atoms with E-state index in [4.69, 9.17) is 16.3 Å². The number of halogens is 1. The molecule has 3 amide bonds. The smallest absolute Gasteiger partial charge is 0.255 e. The molecule has 1 unspecified atom stereocenters. The highest BCUT2D eigenvalue weighted by molar-refractivity contribution is 7.70. The summed E-state index contributed by atoms with van der Waals surface area (Å²) in [6.45, 7) is 11.3. The van der Waals surface area contributed by atoms with E-state index in [1.54, 1.807) is 31.4 Å². The number of nitrogens with one attached hydrogen (secondary N) is 3. The van der Waals surface area contributed by atoms with Crippen LogP contribution in [0.4, 0.5) is 28.8 Å². The van der Waals surface area contributed by atoms with E-state index in [1.807, 2.05) is 42.5 Å². The Morgan fingerprint density at radius 2 is 1.70 bits per heavy atom. The third-order valence-corrected chi connectivity index (χ3v) is 14.6. The molecule has 0 radical (unpaired) electrons. The van der Waals surface area contributed by atoms with Crippen molar-refractivity contribution in [1.82, 2.24) is 30.0 Å². The Morgan fingerprint density at radius 1 is 0.906 bits per heavy atom. The van der Waals surface area contributed by atoms with Gasteiger partial charge in [-0.2, -0.15) is 4.98 Å². The highest BCUT2D eigenvalue weighted by Crippen LogP contribution is 2.39. The lowest BCUT2D eigenvalue weighted by Crippen LogP contribution is -2.53. The van der Waals surface area contributed by atoms with Crippen molar-refractivity contribution in [2.24, 2.45) is 0 Å². The number of carbonyl (C=O) groups is 3. The van der Waals surface area contributed by atoms with E-state index in [0.29, 0.717) is 52.8 Å². The maximum Gasteiger partial charge on any atom is 0.255 e. The van der Waals surface area contributed by atoms with Crippen molar-refractivity contribution < 1.29 is 23.7 Å². The van der Waals surface area contributed by atoms with Gasteiger partial charge in [-0.1, -0.05) is 48.1 Å². The standard InChI is InChI=1S/C48H57ClN9O5P/c1-63-42-30-35(17-18-39(42)52-48-50-31-38(49)45(54-48)51-40-15-8-9-16-43(40)64(2,3)62)56-24-21-34(22-25-56)57-28-26-55(27-29-57)23-10-6-4-5-7-12-33-13-11-14-36-37(33)32-58(47(36)61)41-19-20-44(59)53-46(41)60/h8-9,11,13-18,30-31,34,41H,4-6,10,19-29,32H2,1-3H3,(H,53,59,60)(H2,50,51,52,54). The van der Waals surface area contributed by atoms with E-state index in [2.05, 4.69) is 64.6 Å². The van der Waals surface area contributed by atoms with Crippen molar-refractivity contribution in [3.63, 3.8) is 0 Å². The molecule has 14 nitrogen and oxygen atoms in total. The number of nitrogens with zero attached hydrogens (tertiary/aromatic N) is 6. The van der Waals surface area contributed by atoms with Crippen molar-refractivity contribution in [1.29, 1.82) is 0 Å². The average molecular weight is 906 g/mol. The largest absolute Gasteiger partial charge is 0.494 e. The van der Waals surface area contributed by atoms with Crippen molar-refractivity contribution in [3.05, 3.63) is 88.6 Å². The van der Waals surface area contributed by atoms with Crippen molar-refractivity contribution in [3.8, 4) is 17.6 Å². The van der Waals surface area contributed by atoms with Gasteiger partial charge in [-0.25, -0.2) is 4.98 Å². The minimum Gasteiger partial charge on any atom is -0.494 e. The lowest BCUT2D eigenvalue weighted by molar-refractivity contribution is -0.136. The number of methoxy groups -OCH3 is 1. The number of amides is 3. The van der Waals surface area contributed by atoms with E-state index in [0.717, 1.165) is 112 Å². The van der Waals surface area contributed by atoms with Gasteiger partial charge in [0.05, 0.1) is 24.7 Å². The monoisotopic (exact) mass is 905 g/mol. The van der Waals surface area contributed by atoms with Gasteiger partial charge in [-0.3, -0.25) is 24.6 Å². The number of fused-ring (bicyclic) bond motifs is 1. The minimum atomic E-state index is -2.54. The molecular formula is C48H57ClN9O5P. The van der Waals surface area contributed by atoms with Gasteiger partial charge >= 0.3 is 0 Å². The summed E-state index contributed by atoms with van der Waals surface area (Å²) < 4.78 is 18.7. The van der Waals surface area contributed by atoms with Crippen LogP contribution in [0.3, 0.4) is 0 Å². The number of aromatic nitrogens is 2. The zero-order valence-electron chi connectivity index (χ0n) is 36.9. The Hall–Kier alpha value is -5.45. The van der Waals surface area contributed by atoms with Crippen LogP contribution in [-0.2, 0) is 20.7 Å². The number of benzene rings is 3. The molecular weight excluding hydrogens is 849 g/mol. The van der Waals surface area contributed by atoms with E-state index < -0.39 is 19.1 Å². The summed E-state index contributed by atoms with van der Waals surface area (Å²) in [7, 11) is -0.880. The van der Waals surface area contributed by atoms with Crippen molar-refractivity contribution in [2.45, 2.75) is 70.0 Å². The third-order valence-electron chi connectivity index (χ3n) is 12.7. The summed E-state index contributed by atoms with van der Waals surface area (Å²) in [5.41, 5.74) is 4.86. The first-order chi connectivity index (χ1) is 30.9. The Morgan fingerprint density at radius 3 is 2.47 bits per heavy atom. The number of ether oxygens (including phenoxy) is 1. The summed E-state index contributed by atoms with van der Waals surface area (Å²) in [5, 5.41) is 9.99. The zero-order chi connectivity index (χ0) is 44.8. The molecule has 5 heterocycles. The number of imide groups is 1. The van der Waals surface area contributed by atoms with Crippen LogP contribution in [0.15, 0.2) is 66.9 Å². The van der Waals surface area contributed by atoms with Crippen molar-refractivity contribution in [2.75, 3.05) is 81.8 Å². The normalized spacial score (nSPS) is 18.6. The van der Waals surface area contributed by atoms with Crippen molar-refractivity contribution >= 4 is 70.6 Å². The summed E-state index contributed by atoms with van der Waals surface area (Å²) in [6, 6.07) is 19.2. The quantitative estimate of drug-likeness (QED) is 0.0527. The third kappa shape index (κ3) is 10.6. The van der Waals surface area contributed by atoms with Crippen LogP contribution < -0.4 is 30.9 Å². The number of carbonyl (C=O) groups excluding carboxylic acids is 3. The van der Waals surface area contributed by atoms with Crippen LogP contribution in [0.1, 0.15) is 72.9 Å². The van der Waals surface area contributed by atoms with Crippen LogP contribution in [0, 0.1) is 11.8 Å². The number of piperidine rings is 2. The molecule has 1 aromatic heterocycles. The fourth-order valence-corrected chi connectivity index (χ4v) is 10.5. The van der Waals surface area contributed by atoms with E-state index in [9.17, 15) is 18.9 Å². The number of rotatable bonds is 14. The second-order valence-electron chi connectivity index (χ2n) is 17.3. The first kappa shape index (κ1) is 45.1. The van der Waals surface area contributed by atoms with Gasteiger partial charge in [-0.15, -0.1) is 0 Å². The minimum absolute atomic E-state index is 0.169. The number of para-hydroxylation sites is 1. The number of unbranched alkanes of at least 4 members (excludes halogenated alkanes) is 3. The Kier molecular flexibility index (Phi) is 14.2. The summed E-state index contributed by atoms with van der Waals surface area (Å²) >= 11 is 6.49. The molecule has 8 rings (SSSR count). The van der Waals surface area contributed by atoms with Crippen LogP contribution in [0.5, 0.6) is 5.75 Å². The van der Waals surface area contributed by atoms with E-state index in [-0.39, 0.29) is 18.2 Å². The predicted molar refractivity (Wildman–Crippen MR) is 253 cm³/mol. The fraction of sp³-hybridized carbons (Fsp3) is 0.438. The van der Waals surface area contributed by atoms with Gasteiger partial charge in [0.2, 0.25) is 17.8 Å². The molecule has 0 bridgehead atoms. The van der Waals surface area contributed by atoms with Gasteiger partial charge in [0.15, 0.2) is 5.82 Å². The molecule has 4 aliphatic heterocycles. The molecule has 1 atom stereocenters. The average Bonchev–Trinajstić information content (AvgIpc) is 3.63. The molecule has 16 heteroatoms.